The second-order valence-electron chi connectivity index (χ2n) is 10.1. The lowest BCUT2D eigenvalue weighted by atomic mass is 10.1. The van der Waals surface area contributed by atoms with Gasteiger partial charge in [0, 0.05) is 41.4 Å². The number of ketones is 1. The van der Waals surface area contributed by atoms with Crippen LogP contribution in [0.2, 0.25) is 5.02 Å². The number of ether oxygens (including phenoxy) is 1. The van der Waals surface area contributed by atoms with Crippen molar-refractivity contribution in [3.8, 4) is 5.75 Å². The Bertz CT molecular complexity index is 1620. The normalized spacial score (nSPS) is 19.5. The van der Waals surface area contributed by atoms with Gasteiger partial charge in [-0.2, -0.15) is 0 Å². The molecule has 3 atom stereocenters. The summed E-state index contributed by atoms with van der Waals surface area (Å²) in [5.74, 6) is -0.0446. The predicted octanol–water partition coefficient (Wildman–Crippen LogP) is 3.03. The number of tetrazole rings is 1. The molecule has 6 rings (SSSR count). The molecule has 4 aromatic rings. The molecule has 1 aliphatic heterocycles. The Kier molecular flexibility index (Phi) is 6.70. The summed E-state index contributed by atoms with van der Waals surface area (Å²) in [6.07, 6.45) is 3.06. The average Bonchev–Trinajstić information content (AvgIpc) is 3.27. The van der Waals surface area contributed by atoms with Crippen LogP contribution in [0.1, 0.15) is 41.5 Å². The van der Waals surface area contributed by atoms with Crippen molar-refractivity contribution in [3.05, 3.63) is 70.4 Å². The molecule has 2 aromatic heterocycles. The van der Waals surface area contributed by atoms with Gasteiger partial charge < -0.3 is 19.5 Å². The molecule has 40 heavy (non-hydrogen) atoms. The summed E-state index contributed by atoms with van der Waals surface area (Å²) in [6, 6.07) is 9.23. The van der Waals surface area contributed by atoms with E-state index in [1.54, 1.807) is 46.0 Å². The maximum Gasteiger partial charge on any atom is 0.243 e. The van der Waals surface area contributed by atoms with Crippen molar-refractivity contribution in [2.75, 3.05) is 0 Å². The molecule has 0 spiro atoms. The Hall–Kier alpha value is -4.32. The summed E-state index contributed by atoms with van der Waals surface area (Å²) in [5, 5.41) is 16.9. The molecule has 3 heterocycles. The average molecular weight is 566 g/mol. The van der Waals surface area contributed by atoms with Crippen LogP contribution in [-0.2, 0) is 29.3 Å². The molecule has 2 amide bonds. The van der Waals surface area contributed by atoms with E-state index >= 15 is 0 Å². The van der Waals surface area contributed by atoms with Crippen LogP contribution < -0.4 is 10.1 Å². The van der Waals surface area contributed by atoms with Gasteiger partial charge in [-0.3, -0.25) is 14.4 Å². The molecule has 0 bridgehead atoms. The van der Waals surface area contributed by atoms with Crippen LogP contribution in [0.25, 0.3) is 10.9 Å². The largest absolute Gasteiger partial charge is 0.485 e. The molecule has 1 saturated carbocycles. The van der Waals surface area contributed by atoms with Crippen LogP contribution in [-0.4, -0.2) is 59.8 Å². The predicted molar refractivity (Wildman–Crippen MR) is 141 cm³/mol. The van der Waals surface area contributed by atoms with E-state index in [1.807, 2.05) is 0 Å². The molecular formula is C27H25ClFN7O4. The van der Waals surface area contributed by atoms with E-state index in [1.165, 1.54) is 13.0 Å². The fourth-order valence-electron chi connectivity index (χ4n) is 5.43. The standard InChI is InChI=1S/C27H25ClFN7O4/c1-14(37)19-11-35(22-9-17(5-6-18(19)22)40-13-24-31-33-34-32-24)12-25(38)36-21-7-16(21)8-23(36)27(39)30-10-15-3-2-4-20(28)26(15)29/h2-6,9,11,16,21,23H,7-8,10,12-13H2,1H3,(H,30,39)(H,31,32,33,34)/t16-,21-,23+/m1/s1. The number of aromatic amines is 1. The van der Waals surface area contributed by atoms with E-state index in [4.69, 9.17) is 16.3 Å². The van der Waals surface area contributed by atoms with Crippen LogP contribution in [0.15, 0.2) is 42.6 Å². The number of halogens is 2. The molecule has 0 unspecified atom stereocenters. The lowest BCUT2D eigenvalue weighted by molar-refractivity contribution is -0.140. The minimum atomic E-state index is -0.651. The van der Waals surface area contributed by atoms with Gasteiger partial charge in [-0.15, -0.1) is 5.10 Å². The van der Waals surface area contributed by atoms with Crippen molar-refractivity contribution >= 4 is 40.1 Å². The third kappa shape index (κ3) is 4.90. The van der Waals surface area contributed by atoms with Crippen LogP contribution in [0.3, 0.4) is 0 Å². The van der Waals surface area contributed by atoms with Crippen molar-refractivity contribution in [1.82, 2.24) is 35.4 Å². The summed E-state index contributed by atoms with van der Waals surface area (Å²) in [6.45, 7) is 1.50. The van der Waals surface area contributed by atoms with E-state index in [0.717, 1.165) is 6.42 Å². The van der Waals surface area contributed by atoms with Crippen LogP contribution >= 0.6 is 11.6 Å². The minimum absolute atomic E-state index is 0.00494. The highest BCUT2D eigenvalue weighted by Gasteiger charge is 2.55. The number of Topliss-reactive ketones (excluding diaryl/α,β-unsaturated/α-hetero) is 1. The Morgan fingerprint density at radius 2 is 2.08 bits per heavy atom. The fraction of sp³-hybridized carbons (Fsp3) is 0.333. The van der Waals surface area contributed by atoms with E-state index in [0.29, 0.717) is 34.5 Å². The number of fused-ring (bicyclic) bond motifs is 2. The first kappa shape index (κ1) is 25.9. The third-order valence-electron chi connectivity index (χ3n) is 7.48. The number of hydrogen-bond acceptors (Lipinski definition) is 7. The van der Waals surface area contributed by atoms with Gasteiger partial charge in [0.1, 0.15) is 30.8 Å². The van der Waals surface area contributed by atoms with Gasteiger partial charge in [0.25, 0.3) is 0 Å². The Morgan fingerprint density at radius 1 is 1.23 bits per heavy atom. The number of benzene rings is 2. The number of carbonyl (C=O) groups is 3. The van der Waals surface area contributed by atoms with Gasteiger partial charge in [-0.05, 0) is 54.3 Å². The molecule has 2 fully saturated rings. The van der Waals surface area contributed by atoms with Crippen LogP contribution in [0.5, 0.6) is 5.75 Å². The molecule has 13 heteroatoms. The van der Waals surface area contributed by atoms with Gasteiger partial charge in [-0.1, -0.05) is 23.7 Å². The molecule has 1 saturated heterocycles. The highest BCUT2D eigenvalue weighted by Crippen LogP contribution is 2.48. The molecule has 1 aliphatic carbocycles. The summed E-state index contributed by atoms with van der Waals surface area (Å²) in [5.41, 5.74) is 1.41. The zero-order valence-electron chi connectivity index (χ0n) is 21.4. The number of H-pyrrole nitrogens is 1. The summed E-state index contributed by atoms with van der Waals surface area (Å²) < 4.78 is 21.8. The van der Waals surface area contributed by atoms with E-state index in [-0.39, 0.29) is 59.8 Å². The number of amides is 2. The van der Waals surface area contributed by atoms with Gasteiger partial charge in [0.05, 0.1) is 10.5 Å². The summed E-state index contributed by atoms with van der Waals surface area (Å²) >= 11 is 5.86. The molecule has 2 aromatic carbocycles. The van der Waals surface area contributed by atoms with Gasteiger partial charge in [0.15, 0.2) is 11.6 Å². The Labute approximate surface area is 232 Å². The zero-order chi connectivity index (χ0) is 28.0. The first-order valence-electron chi connectivity index (χ1n) is 12.8. The van der Waals surface area contributed by atoms with E-state index in [2.05, 4.69) is 25.9 Å². The molecule has 11 nitrogen and oxygen atoms in total. The second-order valence-corrected chi connectivity index (χ2v) is 10.5. The number of piperidine rings is 1. The number of nitrogens with one attached hydrogen (secondary N) is 2. The maximum atomic E-state index is 14.3. The van der Waals surface area contributed by atoms with Crippen molar-refractivity contribution in [3.63, 3.8) is 0 Å². The zero-order valence-corrected chi connectivity index (χ0v) is 22.2. The molecular weight excluding hydrogens is 541 g/mol. The SMILES string of the molecule is CC(=O)c1cn(CC(=O)N2[C@@H]3C[C@@H]3C[C@H]2C(=O)NCc2cccc(Cl)c2F)c2cc(OCc3nnn[nH]3)ccc12. The smallest absolute Gasteiger partial charge is 0.243 e. The quantitative estimate of drug-likeness (QED) is 0.298. The highest BCUT2D eigenvalue weighted by atomic mass is 35.5. The van der Waals surface area contributed by atoms with Crippen molar-refractivity contribution in [2.45, 2.75) is 51.5 Å². The van der Waals surface area contributed by atoms with Gasteiger partial charge in [-0.25, -0.2) is 9.49 Å². The van der Waals surface area contributed by atoms with Crippen molar-refractivity contribution in [1.29, 1.82) is 0 Å². The number of rotatable bonds is 9. The third-order valence-corrected chi connectivity index (χ3v) is 7.77. The Balaban J connectivity index is 1.20. The Morgan fingerprint density at radius 3 is 2.85 bits per heavy atom. The first-order valence-corrected chi connectivity index (χ1v) is 13.2. The maximum absolute atomic E-state index is 14.3. The second kappa shape index (κ2) is 10.3. The van der Waals surface area contributed by atoms with E-state index in [9.17, 15) is 18.8 Å². The molecule has 0 radical (unpaired) electrons. The van der Waals surface area contributed by atoms with Crippen molar-refractivity contribution in [2.24, 2.45) is 5.92 Å². The molecule has 206 valence electrons. The number of likely N-dealkylation sites (tertiary alicyclic amines) is 1. The van der Waals surface area contributed by atoms with Gasteiger partial charge >= 0.3 is 0 Å². The molecule has 2 N–H and O–H groups in total. The van der Waals surface area contributed by atoms with Gasteiger partial charge in [0.2, 0.25) is 11.8 Å². The number of nitrogens with zero attached hydrogens (tertiary/aromatic N) is 5. The lowest BCUT2D eigenvalue weighted by Crippen LogP contribution is -2.48. The summed E-state index contributed by atoms with van der Waals surface area (Å²) in [7, 11) is 0. The topological polar surface area (TPSA) is 135 Å². The first-order chi connectivity index (χ1) is 19.3. The number of hydrogen-bond donors (Lipinski definition) is 2. The van der Waals surface area contributed by atoms with Crippen LogP contribution in [0, 0.1) is 11.7 Å². The lowest BCUT2D eigenvalue weighted by Gasteiger charge is -2.27. The number of aromatic nitrogens is 5. The van der Waals surface area contributed by atoms with E-state index < -0.39 is 11.9 Å². The minimum Gasteiger partial charge on any atom is -0.485 e. The van der Waals surface area contributed by atoms with Crippen molar-refractivity contribution < 1.29 is 23.5 Å². The molecule has 2 aliphatic rings. The fourth-order valence-corrected chi connectivity index (χ4v) is 5.62. The summed E-state index contributed by atoms with van der Waals surface area (Å²) in [4.78, 5) is 40.8. The number of carbonyl (C=O) groups excluding carboxylic acids is 3. The van der Waals surface area contributed by atoms with Crippen LogP contribution in [0.4, 0.5) is 4.39 Å². The highest BCUT2D eigenvalue weighted by molar-refractivity contribution is 6.30. The monoisotopic (exact) mass is 565 g/mol.